The van der Waals surface area contributed by atoms with Crippen LogP contribution in [0.4, 0.5) is 0 Å². The first-order chi connectivity index (χ1) is 9.19. The van der Waals surface area contributed by atoms with E-state index in [0.29, 0.717) is 26.4 Å². The van der Waals surface area contributed by atoms with Crippen LogP contribution in [0.15, 0.2) is 12.2 Å². The van der Waals surface area contributed by atoms with Gasteiger partial charge in [-0.25, -0.2) is 0 Å². The summed E-state index contributed by atoms with van der Waals surface area (Å²) in [5.74, 6) is 0. The number of rotatable bonds is 10. The highest BCUT2D eigenvalue weighted by Gasteiger charge is 2.24. The molecule has 0 bridgehead atoms. The maximum Gasteiger partial charge on any atom is 0.0858 e. The molecule has 0 aliphatic heterocycles. The van der Waals surface area contributed by atoms with Crippen molar-refractivity contribution in [3.8, 4) is 0 Å². The van der Waals surface area contributed by atoms with Gasteiger partial charge in [-0.05, 0) is 27.7 Å². The third-order valence-electron chi connectivity index (χ3n) is 3.00. The zero-order chi connectivity index (χ0) is 15.6. The van der Waals surface area contributed by atoms with Gasteiger partial charge in [-0.15, -0.1) is 0 Å². The molecule has 0 aliphatic carbocycles. The number of allylic oxidation sites excluding steroid dienone is 1. The van der Waals surface area contributed by atoms with Gasteiger partial charge in [0.2, 0.25) is 0 Å². The molecule has 0 amide bonds. The summed E-state index contributed by atoms with van der Waals surface area (Å²) in [6.45, 7) is 15.2. The molecule has 120 valence electrons. The maximum atomic E-state index is 10.0. The van der Waals surface area contributed by atoms with Crippen LogP contribution < -0.4 is 5.32 Å². The molecule has 0 saturated carbocycles. The number of aliphatic hydroxyl groups is 1. The molecule has 1 atom stereocenters. The summed E-state index contributed by atoms with van der Waals surface area (Å²) in [5.41, 5.74) is -0.130. The summed E-state index contributed by atoms with van der Waals surface area (Å²) in [7, 11) is 0. The molecule has 0 aliphatic rings. The lowest BCUT2D eigenvalue weighted by atomic mass is 9.86. The molecular formula is C16H33NO3. The van der Waals surface area contributed by atoms with Crippen molar-refractivity contribution in [3.05, 3.63) is 12.2 Å². The van der Waals surface area contributed by atoms with E-state index >= 15 is 0 Å². The SMILES string of the molecule is CC=CC(C)(C)C(O)COCCOCCNC(C)(C)C. The number of nitrogens with one attached hydrogen (secondary N) is 1. The van der Waals surface area contributed by atoms with Crippen LogP contribution in [-0.2, 0) is 9.47 Å². The Morgan fingerprint density at radius 1 is 1.05 bits per heavy atom. The lowest BCUT2D eigenvalue weighted by Crippen LogP contribution is -2.38. The van der Waals surface area contributed by atoms with Crippen molar-refractivity contribution in [1.82, 2.24) is 5.32 Å². The lowest BCUT2D eigenvalue weighted by Gasteiger charge is -2.27. The van der Waals surface area contributed by atoms with Gasteiger partial charge in [-0.3, -0.25) is 0 Å². The summed E-state index contributed by atoms with van der Waals surface area (Å²) in [6.07, 6.45) is 3.45. The van der Waals surface area contributed by atoms with E-state index in [-0.39, 0.29) is 11.0 Å². The molecule has 0 heterocycles. The quantitative estimate of drug-likeness (QED) is 0.478. The van der Waals surface area contributed by atoms with Crippen molar-refractivity contribution < 1.29 is 14.6 Å². The van der Waals surface area contributed by atoms with Gasteiger partial charge in [-0.2, -0.15) is 0 Å². The fourth-order valence-corrected chi connectivity index (χ4v) is 1.67. The van der Waals surface area contributed by atoms with E-state index in [0.717, 1.165) is 6.54 Å². The van der Waals surface area contributed by atoms with E-state index in [1.165, 1.54) is 0 Å². The molecule has 20 heavy (non-hydrogen) atoms. The zero-order valence-corrected chi connectivity index (χ0v) is 14.0. The molecule has 1 unspecified atom stereocenters. The Hall–Kier alpha value is -0.420. The largest absolute Gasteiger partial charge is 0.390 e. The average Bonchev–Trinajstić information content (AvgIpc) is 2.30. The van der Waals surface area contributed by atoms with Gasteiger partial charge in [0, 0.05) is 17.5 Å². The van der Waals surface area contributed by atoms with Gasteiger partial charge >= 0.3 is 0 Å². The van der Waals surface area contributed by atoms with Crippen molar-refractivity contribution in [1.29, 1.82) is 0 Å². The van der Waals surface area contributed by atoms with Crippen LogP contribution >= 0.6 is 0 Å². The van der Waals surface area contributed by atoms with E-state index < -0.39 is 6.10 Å². The van der Waals surface area contributed by atoms with Crippen LogP contribution in [0.2, 0.25) is 0 Å². The number of ether oxygens (including phenoxy) is 2. The van der Waals surface area contributed by atoms with Gasteiger partial charge in [0.05, 0.1) is 32.5 Å². The van der Waals surface area contributed by atoms with E-state index in [9.17, 15) is 5.11 Å². The summed E-state index contributed by atoms with van der Waals surface area (Å²) in [6, 6.07) is 0. The molecule has 4 nitrogen and oxygen atoms in total. The topological polar surface area (TPSA) is 50.7 Å². The predicted octanol–water partition coefficient (Wildman–Crippen LogP) is 2.37. The van der Waals surface area contributed by atoms with Crippen LogP contribution in [0, 0.1) is 5.41 Å². The molecular weight excluding hydrogens is 254 g/mol. The second-order valence-corrected chi connectivity index (χ2v) is 6.70. The first-order valence-electron chi connectivity index (χ1n) is 7.41. The smallest absolute Gasteiger partial charge is 0.0858 e. The molecule has 0 aromatic heterocycles. The Bertz CT molecular complexity index is 269. The minimum atomic E-state index is -0.499. The van der Waals surface area contributed by atoms with E-state index in [4.69, 9.17) is 9.47 Å². The average molecular weight is 287 g/mol. The third kappa shape index (κ3) is 10.4. The van der Waals surface area contributed by atoms with Crippen molar-refractivity contribution in [2.75, 3.05) is 33.0 Å². The first kappa shape index (κ1) is 19.6. The minimum Gasteiger partial charge on any atom is -0.390 e. The second kappa shape index (κ2) is 9.50. The van der Waals surface area contributed by atoms with E-state index in [2.05, 4.69) is 26.1 Å². The van der Waals surface area contributed by atoms with Crippen LogP contribution in [-0.4, -0.2) is 49.7 Å². The van der Waals surface area contributed by atoms with Crippen molar-refractivity contribution in [2.24, 2.45) is 5.41 Å². The highest BCUT2D eigenvalue weighted by molar-refractivity contribution is 4.97. The van der Waals surface area contributed by atoms with Gasteiger partial charge in [0.1, 0.15) is 0 Å². The molecule has 0 radical (unpaired) electrons. The fraction of sp³-hybridized carbons (Fsp3) is 0.875. The van der Waals surface area contributed by atoms with Crippen LogP contribution in [0.3, 0.4) is 0 Å². The molecule has 0 saturated heterocycles. The van der Waals surface area contributed by atoms with E-state index in [1.807, 2.05) is 32.9 Å². The summed E-state index contributed by atoms with van der Waals surface area (Å²) in [5, 5.41) is 13.4. The molecule has 0 fully saturated rings. The Labute approximate surface area is 124 Å². The van der Waals surface area contributed by atoms with Gasteiger partial charge < -0.3 is 19.9 Å². The normalized spacial score (nSPS) is 14.9. The predicted molar refractivity (Wildman–Crippen MR) is 84.0 cm³/mol. The van der Waals surface area contributed by atoms with Gasteiger partial charge in [-0.1, -0.05) is 26.0 Å². The maximum absolute atomic E-state index is 10.0. The number of hydrogen-bond acceptors (Lipinski definition) is 4. The van der Waals surface area contributed by atoms with Crippen molar-refractivity contribution in [3.63, 3.8) is 0 Å². The monoisotopic (exact) mass is 287 g/mol. The van der Waals surface area contributed by atoms with Gasteiger partial charge in [0.15, 0.2) is 0 Å². The van der Waals surface area contributed by atoms with Crippen LogP contribution in [0.5, 0.6) is 0 Å². The summed E-state index contributed by atoms with van der Waals surface area (Å²) >= 11 is 0. The Morgan fingerprint density at radius 2 is 1.65 bits per heavy atom. The molecule has 2 N–H and O–H groups in total. The van der Waals surface area contributed by atoms with Crippen LogP contribution in [0.25, 0.3) is 0 Å². The first-order valence-corrected chi connectivity index (χ1v) is 7.41. The van der Waals surface area contributed by atoms with Gasteiger partial charge in [0.25, 0.3) is 0 Å². The lowest BCUT2D eigenvalue weighted by molar-refractivity contribution is -0.0276. The van der Waals surface area contributed by atoms with Crippen LogP contribution in [0.1, 0.15) is 41.5 Å². The highest BCUT2D eigenvalue weighted by atomic mass is 16.5. The molecule has 0 aromatic rings. The number of aliphatic hydroxyl groups excluding tert-OH is 1. The van der Waals surface area contributed by atoms with Crippen molar-refractivity contribution in [2.45, 2.75) is 53.2 Å². The standard InChI is InChI=1S/C16H33NO3/c1-7-8-16(5,6)14(18)13-20-12-11-19-10-9-17-15(2,3)4/h7-8,14,17-18H,9-13H2,1-6H3. The minimum absolute atomic E-state index is 0.127. The number of hydrogen-bond donors (Lipinski definition) is 2. The summed E-state index contributed by atoms with van der Waals surface area (Å²) < 4.78 is 10.9. The Morgan fingerprint density at radius 3 is 2.20 bits per heavy atom. The fourth-order valence-electron chi connectivity index (χ4n) is 1.67. The second-order valence-electron chi connectivity index (χ2n) is 6.70. The molecule has 0 aromatic carbocycles. The third-order valence-corrected chi connectivity index (χ3v) is 3.00. The Kier molecular flexibility index (Phi) is 9.30. The zero-order valence-electron chi connectivity index (χ0n) is 14.0. The van der Waals surface area contributed by atoms with E-state index in [1.54, 1.807) is 0 Å². The Balaban J connectivity index is 3.54. The summed E-state index contributed by atoms with van der Waals surface area (Å²) in [4.78, 5) is 0. The molecule has 0 spiro atoms. The highest BCUT2D eigenvalue weighted by Crippen LogP contribution is 2.22. The van der Waals surface area contributed by atoms with Crippen molar-refractivity contribution >= 4 is 0 Å². The molecule has 4 heteroatoms. The molecule has 0 rings (SSSR count).